The molecule has 1 aromatic heterocycles. The molecule has 1 atom stereocenters. The maximum Gasteiger partial charge on any atom is 0.151 e. The van der Waals surface area contributed by atoms with Gasteiger partial charge in [0.15, 0.2) is 5.82 Å². The average Bonchev–Trinajstić information content (AvgIpc) is 2.94. The Hall–Kier alpha value is -2.14. The third-order valence-electron chi connectivity index (χ3n) is 3.31. The molecule has 1 aliphatic rings. The van der Waals surface area contributed by atoms with E-state index in [2.05, 4.69) is 10.2 Å². The van der Waals surface area contributed by atoms with E-state index < -0.39 is 0 Å². The highest BCUT2D eigenvalue weighted by Gasteiger charge is 2.22. The van der Waals surface area contributed by atoms with Gasteiger partial charge in [-0.3, -0.25) is 0 Å². The molecule has 0 bridgehead atoms. The van der Waals surface area contributed by atoms with Crippen LogP contribution in [0.2, 0.25) is 0 Å². The topological polar surface area (TPSA) is 81.3 Å². The van der Waals surface area contributed by atoms with Crippen molar-refractivity contribution in [2.45, 2.75) is 18.9 Å². The second-order valence-electron chi connectivity index (χ2n) is 4.59. The van der Waals surface area contributed by atoms with Crippen molar-refractivity contribution in [3.8, 4) is 17.0 Å². The minimum Gasteiger partial charge on any atom is -0.507 e. The summed E-state index contributed by atoms with van der Waals surface area (Å²) >= 11 is 0. The number of aromatic nitrogens is 2. The molecule has 2 heterocycles. The Bertz CT molecular complexity index is 595. The number of ether oxygens (including phenoxy) is 1. The number of nitrogens with zero attached hydrogens (tertiary/aromatic N) is 2. The van der Waals surface area contributed by atoms with Crippen LogP contribution in [-0.4, -0.2) is 21.9 Å². The highest BCUT2D eigenvalue weighted by Crippen LogP contribution is 2.34. The van der Waals surface area contributed by atoms with E-state index in [1.807, 2.05) is 12.1 Å². The van der Waals surface area contributed by atoms with Crippen LogP contribution in [0.25, 0.3) is 11.3 Å². The van der Waals surface area contributed by atoms with Gasteiger partial charge in [0.1, 0.15) is 5.75 Å². The predicted molar refractivity (Wildman–Crippen MR) is 71.5 cm³/mol. The fourth-order valence-corrected chi connectivity index (χ4v) is 2.32. The number of para-hydroxylation sites is 1. The van der Waals surface area contributed by atoms with Crippen LogP contribution >= 0.6 is 0 Å². The number of aromatic hydroxyl groups is 1. The SMILES string of the molecule is Nc1nnc(-c2ccccc2O)cc1[C@@H]1CCCO1. The number of rotatable bonds is 2. The molecule has 2 aromatic rings. The number of benzene rings is 1. The molecule has 0 aliphatic carbocycles. The standard InChI is InChI=1S/C14H15N3O2/c15-14-10(13-6-3-7-19-13)8-11(16-17-14)9-4-1-2-5-12(9)18/h1-2,4-5,8,13,18H,3,6-7H2,(H2,15,17)/t13-/m0/s1. The molecule has 1 fully saturated rings. The first-order valence-corrected chi connectivity index (χ1v) is 6.29. The van der Waals surface area contributed by atoms with Crippen molar-refractivity contribution < 1.29 is 9.84 Å². The van der Waals surface area contributed by atoms with Crippen molar-refractivity contribution in [1.82, 2.24) is 10.2 Å². The van der Waals surface area contributed by atoms with Gasteiger partial charge in [-0.2, -0.15) is 0 Å². The van der Waals surface area contributed by atoms with Gasteiger partial charge in [-0.15, -0.1) is 10.2 Å². The van der Waals surface area contributed by atoms with Gasteiger partial charge < -0.3 is 15.6 Å². The molecule has 1 saturated heterocycles. The average molecular weight is 257 g/mol. The van der Waals surface area contributed by atoms with Gasteiger partial charge in [-0.1, -0.05) is 12.1 Å². The van der Waals surface area contributed by atoms with Crippen LogP contribution in [0.3, 0.4) is 0 Å². The summed E-state index contributed by atoms with van der Waals surface area (Å²) in [6.07, 6.45) is 1.95. The summed E-state index contributed by atoms with van der Waals surface area (Å²) in [7, 11) is 0. The van der Waals surface area contributed by atoms with Gasteiger partial charge in [0, 0.05) is 17.7 Å². The first-order valence-electron chi connectivity index (χ1n) is 6.29. The number of nitrogens with two attached hydrogens (primary N) is 1. The minimum atomic E-state index is -0.0138. The second-order valence-corrected chi connectivity index (χ2v) is 4.59. The van der Waals surface area contributed by atoms with Crippen molar-refractivity contribution in [3.63, 3.8) is 0 Å². The monoisotopic (exact) mass is 257 g/mol. The maximum atomic E-state index is 9.86. The van der Waals surface area contributed by atoms with E-state index in [1.54, 1.807) is 18.2 Å². The number of hydrogen-bond donors (Lipinski definition) is 2. The normalized spacial score (nSPS) is 18.6. The van der Waals surface area contributed by atoms with Crippen molar-refractivity contribution in [2.75, 3.05) is 12.3 Å². The summed E-state index contributed by atoms with van der Waals surface area (Å²) in [6.45, 7) is 0.748. The second kappa shape index (κ2) is 4.85. The van der Waals surface area contributed by atoms with E-state index in [4.69, 9.17) is 10.5 Å². The first-order chi connectivity index (χ1) is 9.25. The van der Waals surface area contributed by atoms with E-state index in [1.165, 1.54) is 0 Å². The fourth-order valence-electron chi connectivity index (χ4n) is 2.32. The maximum absolute atomic E-state index is 9.86. The van der Waals surface area contributed by atoms with Crippen LogP contribution in [0.5, 0.6) is 5.75 Å². The van der Waals surface area contributed by atoms with Crippen LogP contribution in [0.15, 0.2) is 30.3 Å². The third kappa shape index (κ3) is 2.24. The Kier molecular flexibility index (Phi) is 3.05. The Morgan fingerprint density at radius 3 is 2.84 bits per heavy atom. The Morgan fingerprint density at radius 1 is 1.26 bits per heavy atom. The molecule has 0 saturated carbocycles. The molecular weight excluding hydrogens is 242 g/mol. The quantitative estimate of drug-likeness (QED) is 0.862. The lowest BCUT2D eigenvalue weighted by molar-refractivity contribution is 0.112. The molecule has 5 nitrogen and oxygen atoms in total. The number of hydrogen-bond acceptors (Lipinski definition) is 5. The molecule has 0 radical (unpaired) electrons. The molecule has 3 rings (SSSR count). The van der Waals surface area contributed by atoms with Gasteiger partial charge in [0.05, 0.1) is 11.8 Å². The zero-order valence-electron chi connectivity index (χ0n) is 10.4. The van der Waals surface area contributed by atoms with Crippen molar-refractivity contribution in [2.24, 2.45) is 0 Å². The Morgan fingerprint density at radius 2 is 2.11 bits per heavy atom. The molecule has 1 aromatic carbocycles. The molecule has 5 heteroatoms. The van der Waals surface area contributed by atoms with Crippen LogP contribution in [-0.2, 0) is 4.74 Å². The van der Waals surface area contributed by atoms with Crippen LogP contribution in [0.4, 0.5) is 5.82 Å². The lowest BCUT2D eigenvalue weighted by Gasteiger charge is -2.13. The largest absolute Gasteiger partial charge is 0.507 e. The van der Waals surface area contributed by atoms with Crippen molar-refractivity contribution in [1.29, 1.82) is 0 Å². The zero-order valence-corrected chi connectivity index (χ0v) is 10.4. The van der Waals surface area contributed by atoms with Gasteiger partial charge in [0.25, 0.3) is 0 Å². The molecule has 0 amide bonds. The van der Waals surface area contributed by atoms with Crippen LogP contribution in [0, 0.1) is 0 Å². The Balaban J connectivity index is 2.04. The van der Waals surface area contributed by atoms with Crippen LogP contribution < -0.4 is 5.73 Å². The summed E-state index contributed by atoms with van der Waals surface area (Å²) in [4.78, 5) is 0. The number of anilines is 1. The van der Waals surface area contributed by atoms with E-state index in [0.717, 1.165) is 25.0 Å². The van der Waals surface area contributed by atoms with E-state index >= 15 is 0 Å². The number of phenols is 1. The third-order valence-corrected chi connectivity index (χ3v) is 3.31. The highest BCUT2D eigenvalue weighted by atomic mass is 16.5. The molecular formula is C14H15N3O2. The summed E-state index contributed by atoms with van der Waals surface area (Å²) in [5.74, 6) is 0.575. The van der Waals surface area contributed by atoms with Crippen LogP contribution in [0.1, 0.15) is 24.5 Å². The predicted octanol–water partition coefficient (Wildman–Crippen LogP) is 2.28. The number of phenolic OH excluding ortho intramolecular Hbond substituents is 1. The lowest BCUT2D eigenvalue weighted by Crippen LogP contribution is -2.05. The summed E-state index contributed by atoms with van der Waals surface area (Å²) in [5, 5.41) is 17.9. The smallest absolute Gasteiger partial charge is 0.151 e. The van der Waals surface area contributed by atoms with Crippen molar-refractivity contribution in [3.05, 3.63) is 35.9 Å². The fraction of sp³-hybridized carbons (Fsp3) is 0.286. The first kappa shape index (κ1) is 11.9. The Labute approximate surface area is 111 Å². The molecule has 0 spiro atoms. The van der Waals surface area contributed by atoms with Gasteiger partial charge >= 0.3 is 0 Å². The van der Waals surface area contributed by atoms with Gasteiger partial charge in [0.2, 0.25) is 0 Å². The van der Waals surface area contributed by atoms with E-state index in [-0.39, 0.29) is 11.9 Å². The van der Waals surface area contributed by atoms with Gasteiger partial charge in [-0.05, 0) is 31.0 Å². The molecule has 1 aliphatic heterocycles. The van der Waals surface area contributed by atoms with E-state index in [9.17, 15) is 5.11 Å². The van der Waals surface area contributed by atoms with Crippen molar-refractivity contribution >= 4 is 5.82 Å². The molecule has 98 valence electrons. The summed E-state index contributed by atoms with van der Waals surface area (Å²) < 4.78 is 5.63. The van der Waals surface area contributed by atoms with E-state index in [0.29, 0.717) is 17.1 Å². The summed E-state index contributed by atoms with van der Waals surface area (Å²) in [5.41, 5.74) is 7.98. The molecule has 0 unspecified atom stereocenters. The molecule has 3 N–H and O–H groups in total. The number of nitrogen functional groups attached to an aromatic ring is 1. The highest BCUT2D eigenvalue weighted by molar-refractivity contribution is 5.67. The summed E-state index contributed by atoms with van der Waals surface area (Å²) in [6, 6.07) is 8.89. The lowest BCUT2D eigenvalue weighted by atomic mass is 10.0. The zero-order chi connectivity index (χ0) is 13.2. The minimum absolute atomic E-state index is 0.0138. The molecule has 19 heavy (non-hydrogen) atoms. The van der Waals surface area contributed by atoms with Gasteiger partial charge in [-0.25, -0.2) is 0 Å².